The van der Waals surface area contributed by atoms with Crippen LogP contribution in [-0.2, 0) is 30.5 Å². The highest BCUT2D eigenvalue weighted by atomic mass is 32.2. The summed E-state index contributed by atoms with van der Waals surface area (Å²) in [4.78, 5) is 25.1. The van der Waals surface area contributed by atoms with Crippen LogP contribution in [0.1, 0.15) is 32.4 Å². The first-order valence-corrected chi connectivity index (χ1v) is 14.9. The van der Waals surface area contributed by atoms with E-state index in [2.05, 4.69) is 20.1 Å². The number of aromatic nitrogens is 7. The molecule has 1 aromatic carbocycles. The first kappa shape index (κ1) is 27.9. The summed E-state index contributed by atoms with van der Waals surface area (Å²) in [5, 5.41) is 8.73. The Balaban J connectivity index is 1.71. The average Bonchev–Trinajstić information content (AvgIpc) is 3.53. The minimum absolute atomic E-state index is 0.133. The van der Waals surface area contributed by atoms with Crippen molar-refractivity contribution in [3.8, 4) is 23.1 Å². The highest BCUT2D eigenvalue weighted by Gasteiger charge is 2.29. The van der Waals surface area contributed by atoms with Gasteiger partial charge in [0.1, 0.15) is 23.4 Å². The van der Waals surface area contributed by atoms with Crippen LogP contribution < -0.4 is 10.3 Å². The molecule has 5 rings (SSSR count). The Bertz CT molecular complexity index is 1700. The van der Waals surface area contributed by atoms with Crippen molar-refractivity contribution in [3.63, 3.8) is 0 Å². The van der Waals surface area contributed by atoms with E-state index in [1.165, 1.54) is 15.2 Å². The fraction of sp³-hybridized carbons (Fsp3) is 0.500. The van der Waals surface area contributed by atoms with Gasteiger partial charge in [-0.05, 0) is 38.1 Å². The van der Waals surface area contributed by atoms with E-state index in [1.807, 2.05) is 20.9 Å². The van der Waals surface area contributed by atoms with Crippen LogP contribution in [0.2, 0.25) is 0 Å². The second-order valence-corrected chi connectivity index (χ2v) is 11.9. The van der Waals surface area contributed by atoms with E-state index in [9.17, 15) is 13.2 Å². The number of hydrogen-bond acceptors (Lipinski definition) is 9. The molecule has 1 fully saturated rings. The number of nitrogens with zero attached hydrogens (tertiary/aromatic N) is 9. The number of hydrogen-bond donors (Lipinski definition) is 0. The van der Waals surface area contributed by atoms with E-state index in [-0.39, 0.29) is 16.0 Å². The molecule has 0 atom stereocenters. The van der Waals surface area contributed by atoms with Crippen molar-refractivity contribution in [1.29, 1.82) is 0 Å². The van der Waals surface area contributed by atoms with Crippen molar-refractivity contribution in [3.05, 3.63) is 40.6 Å². The van der Waals surface area contributed by atoms with Gasteiger partial charge < -0.3 is 9.64 Å². The lowest BCUT2D eigenvalue weighted by Crippen LogP contribution is -2.47. The maximum absolute atomic E-state index is 13.7. The lowest BCUT2D eigenvalue weighted by Gasteiger charge is -2.31. The van der Waals surface area contributed by atoms with Gasteiger partial charge >= 0.3 is 0 Å². The molecule has 4 heterocycles. The molecule has 0 aliphatic carbocycles. The van der Waals surface area contributed by atoms with Gasteiger partial charge in [0.25, 0.3) is 5.56 Å². The summed E-state index contributed by atoms with van der Waals surface area (Å²) < 4.78 is 39.4. The monoisotopic (exact) mass is 569 g/mol. The van der Waals surface area contributed by atoms with Gasteiger partial charge in [-0.3, -0.25) is 9.36 Å². The SMILES string of the molecule is CCCOc1ccc(S(=O)(=O)N2CCN(C)CC2)cc1-c1nc2c(CCC)n(-c3ncnn3C)nc2c(=O)n1C. The fourth-order valence-electron chi connectivity index (χ4n) is 4.85. The smallest absolute Gasteiger partial charge is 0.281 e. The highest BCUT2D eigenvalue weighted by molar-refractivity contribution is 7.89. The summed E-state index contributed by atoms with van der Waals surface area (Å²) in [6.07, 6.45) is 3.57. The Morgan fingerprint density at radius 2 is 1.75 bits per heavy atom. The number of ether oxygens (including phenoxy) is 1. The lowest BCUT2D eigenvalue weighted by atomic mass is 10.1. The molecule has 214 valence electrons. The van der Waals surface area contributed by atoms with Crippen molar-refractivity contribution in [2.45, 2.75) is 38.0 Å². The molecule has 0 radical (unpaired) electrons. The molecule has 1 aliphatic heterocycles. The molecule has 1 saturated heterocycles. The van der Waals surface area contributed by atoms with E-state index >= 15 is 0 Å². The summed E-state index contributed by atoms with van der Waals surface area (Å²) in [5.74, 6) is 1.23. The molecule has 4 aromatic rings. The molecular weight excluding hydrogens is 534 g/mol. The largest absolute Gasteiger partial charge is 0.493 e. The first-order valence-electron chi connectivity index (χ1n) is 13.5. The number of rotatable bonds is 9. The summed E-state index contributed by atoms with van der Waals surface area (Å²) >= 11 is 0. The third kappa shape index (κ3) is 4.90. The van der Waals surface area contributed by atoms with Crippen LogP contribution in [0.5, 0.6) is 5.75 Å². The Morgan fingerprint density at radius 3 is 2.40 bits per heavy atom. The van der Waals surface area contributed by atoms with Crippen molar-refractivity contribution >= 4 is 21.1 Å². The number of aryl methyl sites for hydroxylation is 2. The van der Waals surface area contributed by atoms with Crippen molar-refractivity contribution < 1.29 is 13.2 Å². The molecule has 3 aromatic heterocycles. The van der Waals surface area contributed by atoms with Gasteiger partial charge in [0, 0.05) is 40.3 Å². The van der Waals surface area contributed by atoms with Crippen LogP contribution in [0.3, 0.4) is 0 Å². The van der Waals surface area contributed by atoms with Gasteiger partial charge in [0.15, 0.2) is 5.52 Å². The predicted octanol–water partition coefficient (Wildman–Crippen LogP) is 1.59. The lowest BCUT2D eigenvalue weighted by molar-refractivity contribution is 0.222. The molecule has 0 N–H and O–H groups in total. The molecule has 0 amide bonds. The maximum Gasteiger partial charge on any atom is 0.281 e. The second-order valence-electron chi connectivity index (χ2n) is 10.0. The number of sulfonamides is 1. The quantitative estimate of drug-likeness (QED) is 0.295. The average molecular weight is 570 g/mol. The van der Waals surface area contributed by atoms with E-state index in [0.717, 1.165) is 18.5 Å². The Labute approximate surface area is 233 Å². The van der Waals surface area contributed by atoms with Crippen molar-refractivity contribution in [1.82, 2.24) is 43.3 Å². The van der Waals surface area contributed by atoms with Gasteiger partial charge in [-0.15, -0.1) is 0 Å². The van der Waals surface area contributed by atoms with E-state index in [0.29, 0.717) is 67.8 Å². The Morgan fingerprint density at radius 1 is 1.00 bits per heavy atom. The topological polar surface area (TPSA) is 133 Å². The molecule has 13 nitrogen and oxygen atoms in total. The van der Waals surface area contributed by atoms with Crippen LogP contribution in [0.15, 0.2) is 34.2 Å². The second kappa shape index (κ2) is 11.1. The van der Waals surface area contributed by atoms with E-state index in [4.69, 9.17) is 9.72 Å². The summed E-state index contributed by atoms with van der Waals surface area (Å²) in [7, 11) is 1.57. The molecule has 0 spiro atoms. The van der Waals surface area contributed by atoms with Crippen LogP contribution >= 0.6 is 0 Å². The molecule has 1 aliphatic rings. The number of fused-ring (bicyclic) bond motifs is 1. The van der Waals surface area contributed by atoms with Gasteiger partial charge in [0.2, 0.25) is 16.0 Å². The predicted molar refractivity (Wildman–Crippen MR) is 150 cm³/mol. The summed E-state index contributed by atoms with van der Waals surface area (Å²) in [6.45, 7) is 6.59. The van der Waals surface area contributed by atoms with E-state index in [1.54, 1.807) is 41.7 Å². The number of benzene rings is 1. The summed E-state index contributed by atoms with van der Waals surface area (Å²) in [5.41, 5.74) is 1.45. The van der Waals surface area contributed by atoms with Gasteiger partial charge in [-0.1, -0.05) is 20.3 Å². The first-order chi connectivity index (χ1) is 19.2. The highest BCUT2D eigenvalue weighted by Crippen LogP contribution is 2.33. The van der Waals surface area contributed by atoms with Gasteiger partial charge in [-0.25, -0.2) is 22.8 Å². The minimum Gasteiger partial charge on any atom is -0.493 e. The van der Waals surface area contributed by atoms with Crippen LogP contribution in [0.25, 0.3) is 28.4 Å². The minimum atomic E-state index is -3.76. The molecule has 40 heavy (non-hydrogen) atoms. The Kier molecular flexibility index (Phi) is 7.75. The van der Waals surface area contributed by atoms with Crippen molar-refractivity contribution in [2.24, 2.45) is 14.1 Å². The third-order valence-corrected chi connectivity index (χ3v) is 9.01. The van der Waals surface area contributed by atoms with E-state index < -0.39 is 10.0 Å². The molecule has 0 saturated carbocycles. The molecule has 14 heteroatoms. The summed E-state index contributed by atoms with van der Waals surface area (Å²) in [6, 6.07) is 4.78. The number of piperazine rings is 1. The normalized spacial score (nSPS) is 15.2. The zero-order valence-electron chi connectivity index (χ0n) is 23.5. The van der Waals surface area contributed by atoms with Gasteiger partial charge in [-0.2, -0.15) is 19.5 Å². The Hall–Kier alpha value is -3.62. The molecule has 0 bridgehead atoms. The maximum atomic E-state index is 13.7. The zero-order valence-corrected chi connectivity index (χ0v) is 24.3. The fourth-order valence-corrected chi connectivity index (χ4v) is 6.30. The molecule has 0 unspecified atom stereocenters. The zero-order chi connectivity index (χ0) is 28.6. The number of likely N-dealkylation sites (N-methyl/N-ethyl adjacent to an activating group) is 1. The van der Waals surface area contributed by atoms with Crippen molar-refractivity contribution in [2.75, 3.05) is 39.8 Å². The van der Waals surface area contributed by atoms with Crippen LogP contribution in [0, 0.1) is 0 Å². The third-order valence-electron chi connectivity index (χ3n) is 7.11. The standard InChI is InChI=1S/C26H35N9O4S/c1-6-8-20-22-23(30-35(20)26-27-17-28-33(26)5)25(36)32(4)24(29-22)19-16-18(9-10-21(19)39-15-7-2)40(37,38)34-13-11-31(3)12-14-34/h9-10,16-17H,6-8,11-15H2,1-5H3. The van der Waals surface area contributed by atoms with Crippen LogP contribution in [0.4, 0.5) is 0 Å². The molecular formula is C26H35N9O4S. The van der Waals surface area contributed by atoms with Gasteiger partial charge in [0.05, 0.1) is 22.8 Å². The van der Waals surface area contributed by atoms with Crippen LogP contribution in [-0.4, -0.2) is 91.6 Å².